The Hall–Kier alpha value is -7.73. The number of piperazine rings is 1. The number of hydrogen-bond acceptors (Lipinski definition) is 14. The van der Waals surface area contributed by atoms with Crippen molar-refractivity contribution in [3.63, 3.8) is 0 Å². The quantitative estimate of drug-likeness (QED) is 0.0195. The van der Waals surface area contributed by atoms with Gasteiger partial charge in [-0.25, -0.2) is 4.79 Å². The number of imide groups is 1. The molecule has 0 saturated carbocycles. The van der Waals surface area contributed by atoms with Crippen molar-refractivity contribution in [1.29, 1.82) is 0 Å². The number of fused-ring (bicyclic) bond motifs is 4. The summed E-state index contributed by atoms with van der Waals surface area (Å²) in [6.45, 7) is 7.36. The number of benzene rings is 4. The van der Waals surface area contributed by atoms with E-state index in [1.165, 1.54) is 12.2 Å². The van der Waals surface area contributed by atoms with Crippen molar-refractivity contribution < 1.29 is 48.2 Å². The van der Waals surface area contributed by atoms with E-state index < -0.39 is 54.1 Å². The highest BCUT2D eigenvalue weighted by atomic mass is 35.5. The third kappa shape index (κ3) is 14.3. The highest BCUT2D eigenvalue weighted by Crippen LogP contribution is 2.46. The van der Waals surface area contributed by atoms with E-state index in [-0.39, 0.29) is 74.1 Å². The van der Waals surface area contributed by atoms with E-state index in [0.717, 1.165) is 34.3 Å². The Bertz CT molecular complexity index is 3100. The maximum absolute atomic E-state index is 14.4. The monoisotopic (exact) mass is 1100 g/mol. The fourth-order valence-corrected chi connectivity index (χ4v) is 10.1. The molecule has 10 N–H and O–H groups in total. The van der Waals surface area contributed by atoms with Crippen molar-refractivity contribution in [2.45, 2.75) is 63.9 Å². The second-order valence-electron chi connectivity index (χ2n) is 20.2. The van der Waals surface area contributed by atoms with Gasteiger partial charge in [0.15, 0.2) is 6.35 Å². The molecule has 1 aromatic heterocycles. The number of aliphatic hydroxyl groups excluding tert-OH is 1. The number of hydrogen-bond donors (Lipinski definition) is 9. The molecule has 0 aliphatic carbocycles. The number of amides is 8. The first-order chi connectivity index (χ1) is 38.0. The number of nitrogens with zero attached hydrogens (tertiary/aromatic N) is 4. The molecular formula is C56H67ClN12O10. The lowest BCUT2D eigenvalue weighted by Crippen LogP contribution is -2.54. The molecule has 79 heavy (non-hydrogen) atoms. The number of nitrogens with two attached hydrogens (primary N) is 1. The van der Waals surface area contributed by atoms with Gasteiger partial charge in [0.1, 0.15) is 17.5 Å². The Kier molecular flexibility index (Phi) is 19.1. The van der Waals surface area contributed by atoms with Crippen LogP contribution in [-0.4, -0.2) is 162 Å². The number of H-pyrrole nitrogens is 1. The molecule has 418 valence electrons. The Balaban J connectivity index is 0.870. The number of carbonyl (C=O) groups is 8. The predicted octanol–water partition coefficient (Wildman–Crippen LogP) is 3.77. The number of aromatic nitrogens is 1. The molecule has 4 atom stereocenters. The molecule has 4 heterocycles. The zero-order chi connectivity index (χ0) is 56.3. The van der Waals surface area contributed by atoms with E-state index in [1.54, 1.807) is 64.4 Å². The third-order valence-electron chi connectivity index (χ3n) is 14.1. The summed E-state index contributed by atoms with van der Waals surface area (Å²) in [6.07, 6.45) is 1.61. The van der Waals surface area contributed by atoms with Crippen molar-refractivity contribution in [2.75, 3.05) is 87.4 Å². The minimum atomic E-state index is -1.26. The first-order valence-corrected chi connectivity index (χ1v) is 27.0. The number of rotatable bonds is 23. The molecule has 5 aromatic rings. The van der Waals surface area contributed by atoms with Crippen LogP contribution in [0.25, 0.3) is 21.7 Å². The first-order valence-electron chi connectivity index (χ1n) is 26.4. The molecule has 22 nitrogen and oxygen atoms in total. The van der Waals surface area contributed by atoms with Crippen LogP contribution in [-0.2, 0) is 24.0 Å². The van der Waals surface area contributed by atoms with Gasteiger partial charge >= 0.3 is 6.09 Å². The maximum atomic E-state index is 14.4. The van der Waals surface area contributed by atoms with E-state index in [0.29, 0.717) is 71.9 Å². The summed E-state index contributed by atoms with van der Waals surface area (Å²) < 4.78 is 6.06. The Morgan fingerprint density at radius 3 is 2.23 bits per heavy atom. The van der Waals surface area contributed by atoms with Gasteiger partial charge in [-0.15, -0.1) is 11.6 Å². The number of ether oxygens (including phenoxy) is 1. The molecule has 1 saturated heterocycles. The van der Waals surface area contributed by atoms with Gasteiger partial charge in [-0.2, -0.15) is 0 Å². The van der Waals surface area contributed by atoms with Gasteiger partial charge in [-0.3, -0.25) is 49.5 Å². The lowest BCUT2D eigenvalue weighted by molar-refractivity contribution is -0.137. The van der Waals surface area contributed by atoms with Crippen LogP contribution in [0.2, 0.25) is 0 Å². The van der Waals surface area contributed by atoms with Gasteiger partial charge in [0.05, 0.1) is 11.7 Å². The summed E-state index contributed by atoms with van der Waals surface area (Å²) in [4.78, 5) is 115. The van der Waals surface area contributed by atoms with Crippen LogP contribution in [0.4, 0.5) is 21.9 Å². The maximum Gasteiger partial charge on any atom is 0.415 e. The summed E-state index contributed by atoms with van der Waals surface area (Å²) in [5.74, 6) is -2.57. The van der Waals surface area contributed by atoms with Crippen molar-refractivity contribution >= 4 is 97.8 Å². The smallest absolute Gasteiger partial charge is 0.409 e. The van der Waals surface area contributed by atoms with E-state index in [2.05, 4.69) is 41.8 Å². The Labute approximate surface area is 461 Å². The van der Waals surface area contributed by atoms with Crippen LogP contribution < -0.4 is 47.3 Å². The van der Waals surface area contributed by atoms with Gasteiger partial charge in [0, 0.05) is 122 Å². The lowest BCUT2D eigenvalue weighted by atomic mass is 9.95. The Morgan fingerprint density at radius 2 is 1.53 bits per heavy atom. The third-order valence-corrected chi connectivity index (χ3v) is 14.5. The standard InChI is InChI=1S/C56H67ClN12O10/c1-33(2)50(60-22-21-59-46(70)11-7-23-68-47(71)18-19-48(68)72)53(75)65-42(10-6-20-61-55(58)77)52(74)62-37-14-12-34(13-15-37)51(73)63-38-16-17-41-35(28-38)29-43(64-41)54(76)69-32-36(31-57)49-40-9-5-4-8-39(40)45(30-44(49)69)79-56(78)67-26-24-66(3)25-27-67/h4-5,8-9,12-19,28-30,33,36,42,50,55,60-61,64,77H,6-7,10-11,20-27,31-32,58H2,1-3H3,(H,59,70)(H,62,74)(H,63,73)(H,65,75)/t36-,42+,50+,55?/m1/s1. The first kappa shape index (κ1) is 57.4. The molecule has 1 fully saturated rings. The topological polar surface area (TPSA) is 293 Å². The van der Waals surface area contributed by atoms with Crippen LogP contribution in [0.15, 0.2) is 91.0 Å². The number of nitrogens with one attached hydrogen (secondary N) is 7. The molecule has 1 unspecified atom stereocenters. The van der Waals surface area contributed by atoms with Gasteiger partial charge in [0.2, 0.25) is 17.7 Å². The van der Waals surface area contributed by atoms with E-state index in [1.807, 2.05) is 45.2 Å². The largest absolute Gasteiger partial charge is 0.415 e. The summed E-state index contributed by atoms with van der Waals surface area (Å²) in [7, 11) is 2.01. The lowest BCUT2D eigenvalue weighted by Gasteiger charge is -2.31. The number of aromatic amines is 1. The van der Waals surface area contributed by atoms with Crippen LogP contribution >= 0.6 is 11.6 Å². The van der Waals surface area contributed by atoms with Crippen molar-refractivity contribution in [3.8, 4) is 5.75 Å². The molecule has 4 aromatic carbocycles. The Morgan fingerprint density at radius 1 is 0.823 bits per heavy atom. The van der Waals surface area contributed by atoms with Crippen LogP contribution in [0.1, 0.15) is 71.9 Å². The number of likely N-dealkylation sites (N-methyl/N-ethyl adjacent to an activating group) is 1. The number of aliphatic hydroxyl groups is 1. The fraction of sp³-hybridized carbons (Fsp3) is 0.393. The number of alkyl halides is 1. The van der Waals surface area contributed by atoms with E-state index in [9.17, 15) is 43.5 Å². The number of anilines is 3. The molecule has 8 amide bonds. The fourth-order valence-electron chi connectivity index (χ4n) is 9.86. The summed E-state index contributed by atoms with van der Waals surface area (Å²) in [6, 6.07) is 20.8. The minimum Gasteiger partial charge on any atom is -0.409 e. The van der Waals surface area contributed by atoms with Crippen LogP contribution in [0, 0.1) is 5.92 Å². The van der Waals surface area contributed by atoms with Gasteiger partial charge in [-0.1, -0.05) is 38.1 Å². The molecule has 0 spiro atoms. The van der Waals surface area contributed by atoms with E-state index >= 15 is 0 Å². The summed E-state index contributed by atoms with van der Waals surface area (Å²) in [5, 5.41) is 28.9. The molecule has 0 radical (unpaired) electrons. The normalized spacial score (nSPS) is 16.5. The second-order valence-corrected chi connectivity index (χ2v) is 20.5. The van der Waals surface area contributed by atoms with Gasteiger partial charge < -0.3 is 56.1 Å². The number of halogens is 1. The van der Waals surface area contributed by atoms with E-state index in [4.69, 9.17) is 22.1 Å². The second kappa shape index (κ2) is 26.3. The molecule has 8 rings (SSSR count). The van der Waals surface area contributed by atoms with Crippen molar-refractivity contribution in [2.24, 2.45) is 11.7 Å². The van der Waals surface area contributed by atoms with Gasteiger partial charge in [0.25, 0.3) is 23.6 Å². The SMILES string of the molecule is CC(C)[C@H](NCCNC(=O)CCCN1C(=O)C=CC1=O)C(=O)N[C@@H](CCCNC(N)O)C(=O)Nc1ccc(C(=O)Nc2ccc3[nH]c(C(=O)N4C[C@@H](CCl)c5c4cc(OC(=O)N4CCN(C)CC4)c4ccccc54)cc3c2)cc1. The number of carbonyl (C=O) groups excluding carboxylic acids is 8. The molecule has 23 heteroatoms. The van der Waals surface area contributed by atoms with Gasteiger partial charge in [-0.05, 0) is 98.3 Å². The van der Waals surface area contributed by atoms with Crippen LogP contribution in [0.5, 0.6) is 5.75 Å². The predicted molar refractivity (Wildman–Crippen MR) is 300 cm³/mol. The van der Waals surface area contributed by atoms with Crippen LogP contribution in [0.3, 0.4) is 0 Å². The highest BCUT2D eigenvalue weighted by molar-refractivity contribution is 6.19. The van der Waals surface area contributed by atoms with Crippen molar-refractivity contribution in [3.05, 3.63) is 108 Å². The summed E-state index contributed by atoms with van der Waals surface area (Å²) in [5.41, 5.74) is 9.03. The summed E-state index contributed by atoms with van der Waals surface area (Å²) >= 11 is 6.56. The highest BCUT2D eigenvalue weighted by Gasteiger charge is 2.37. The minimum absolute atomic E-state index is 0.0984. The van der Waals surface area contributed by atoms with Crippen molar-refractivity contribution in [1.82, 2.24) is 41.0 Å². The zero-order valence-electron chi connectivity index (χ0n) is 44.3. The molecule has 3 aliphatic rings. The molecule has 0 bridgehead atoms. The zero-order valence-corrected chi connectivity index (χ0v) is 45.1. The average molecular weight is 1100 g/mol. The molecule has 3 aliphatic heterocycles. The molecular weight excluding hydrogens is 1040 g/mol. The average Bonchev–Trinajstić information content (AvgIpc) is 4.36.